The quantitative estimate of drug-likeness (QED) is 0.635. The van der Waals surface area contributed by atoms with Crippen molar-refractivity contribution in [2.75, 3.05) is 23.4 Å². The van der Waals surface area contributed by atoms with Gasteiger partial charge in [0.05, 0.1) is 12.2 Å². The summed E-state index contributed by atoms with van der Waals surface area (Å²) in [6, 6.07) is 16.9. The lowest BCUT2D eigenvalue weighted by atomic mass is 10.1. The minimum absolute atomic E-state index is 0.261. The molecule has 0 bridgehead atoms. The summed E-state index contributed by atoms with van der Waals surface area (Å²) in [5.74, 6) is 0.0287. The summed E-state index contributed by atoms with van der Waals surface area (Å²) in [5.41, 5.74) is 3.04. The SMILES string of the molecule is CC(C)c1sc(NC(=O)c2cccc(N3CCOC3=O)c2)nc1-c1ccccc1. The summed E-state index contributed by atoms with van der Waals surface area (Å²) in [4.78, 5) is 31.9. The Bertz CT molecular complexity index is 1050. The summed E-state index contributed by atoms with van der Waals surface area (Å²) < 4.78 is 4.97. The van der Waals surface area contributed by atoms with E-state index in [2.05, 4.69) is 24.1 Å². The van der Waals surface area contributed by atoms with Crippen LogP contribution in [0, 0.1) is 0 Å². The number of benzene rings is 2. The molecular weight excluding hydrogens is 386 g/mol. The lowest BCUT2D eigenvalue weighted by molar-refractivity contribution is 0.102. The number of hydrogen-bond acceptors (Lipinski definition) is 5. The second-order valence-corrected chi connectivity index (χ2v) is 8.05. The maximum absolute atomic E-state index is 12.8. The lowest BCUT2D eigenvalue weighted by Gasteiger charge is -2.13. The van der Waals surface area contributed by atoms with Gasteiger partial charge in [0.25, 0.3) is 5.91 Å². The Balaban J connectivity index is 1.58. The molecular formula is C22H21N3O3S. The highest BCUT2D eigenvalue weighted by Gasteiger charge is 2.24. The van der Waals surface area contributed by atoms with E-state index in [-0.39, 0.29) is 11.8 Å². The number of rotatable bonds is 5. The molecule has 148 valence electrons. The van der Waals surface area contributed by atoms with Crippen LogP contribution in [0.5, 0.6) is 0 Å². The van der Waals surface area contributed by atoms with E-state index in [1.165, 1.54) is 16.2 Å². The smallest absolute Gasteiger partial charge is 0.414 e. The second kappa shape index (κ2) is 8.05. The van der Waals surface area contributed by atoms with Crippen molar-refractivity contribution in [3.63, 3.8) is 0 Å². The monoisotopic (exact) mass is 407 g/mol. The third-order valence-corrected chi connectivity index (χ3v) is 5.90. The minimum atomic E-state index is -0.392. The van der Waals surface area contributed by atoms with E-state index < -0.39 is 6.09 Å². The van der Waals surface area contributed by atoms with Crippen LogP contribution >= 0.6 is 11.3 Å². The van der Waals surface area contributed by atoms with Crippen LogP contribution in [0.15, 0.2) is 54.6 Å². The Kier molecular flexibility index (Phi) is 5.31. The molecule has 1 aromatic heterocycles. The highest BCUT2D eigenvalue weighted by atomic mass is 32.1. The van der Waals surface area contributed by atoms with Crippen molar-refractivity contribution in [3.05, 3.63) is 65.0 Å². The molecule has 3 aromatic rings. The molecule has 0 atom stereocenters. The van der Waals surface area contributed by atoms with Gasteiger partial charge in [-0.2, -0.15) is 0 Å². The number of carbonyl (C=O) groups is 2. The third kappa shape index (κ3) is 4.00. The molecule has 1 saturated heterocycles. The minimum Gasteiger partial charge on any atom is -0.447 e. The summed E-state index contributed by atoms with van der Waals surface area (Å²) in [6.07, 6.45) is -0.392. The van der Waals surface area contributed by atoms with E-state index in [4.69, 9.17) is 4.74 Å². The van der Waals surface area contributed by atoms with Crippen molar-refractivity contribution in [1.29, 1.82) is 0 Å². The number of aromatic nitrogens is 1. The first-order valence-corrected chi connectivity index (χ1v) is 10.3. The van der Waals surface area contributed by atoms with Gasteiger partial charge in [0, 0.05) is 21.7 Å². The number of anilines is 2. The average Bonchev–Trinajstić information content (AvgIpc) is 3.35. The van der Waals surface area contributed by atoms with Crippen LogP contribution < -0.4 is 10.2 Å². The Hall–Kier alpha value is -3.19. The zero-order valence-corrected chi connectivity index (χ0v) is 17.0. The third-order valence-electron chi connectivity index (χ3n) is 4.63. The molecule has 4 rings (SSSR count). The molecule has 0 radical (unpaired) electrons. The molecule has 29 heavy (non-hydrogen) atoms. The number of carbonyl (C=O) groups excluding carboxylic acids is 2. The van der Waals surface area contributed by atoms with Crippen molar-refractivity contribution in [2.24, 2.45) is 0 Å². The van der Waals surface area contributed by atoms with Gasteiger partial charge < -0.3 is 4.74 Å². The molecule has 1 aliphatic rings. The summed E-state index contributed by atoms with van der Waals surface area (Å²) >= 11 is 1.49. The van der Waals surface area contributed by atoms with Crippen LogP contribution in [0.2, 0.25) is 0 Å². The van der Waals surface area contributed by atoms with Crippen LogP contribution in [0.4, 0.5) is 15.6 Å². The fourth-order valence-electron chi connectivity index (χ4n) is 3.19. The van der Waals surface area contributed by atoms with Crippen molar-refractivity contribution in [1.82, 2.24) is 4.98 Å². The van der Waals surface area contributed by atoms with Crippen LogP contribution in [0.25, 0.3) is 11.3 Å². The van der Waals surface area contributed by atoms with Gasteiger partial charge >= 0.3 is 6.09 Å². The average molecular weight is 407 g/mol. The number of ether oxygens (including phenoxy) is 1. The fourth-order valence-corrected chi connectivity index (χ4v) is 4.18. The molecule has 1 fully saturated rings. The number of thiazole rings is 1. The highest BCUT2D eigenvalue weighted by molar-refractivity contribution is 7.16. The molecule has 1 aliphatic heterocycles. The van der Waals surface area contributed by atoms with Gasteiger partial charge in [0.15, 0.2) is 5.13 Å². The summed E-state index contributed by atoms with van der Waals surface area (Å²) in [7, 11) is 0. The zero-order chi connectivity index (χ0) is 20.4. The number of cyclic esters (lactones) is 1. The Labute approximate surface area is 173 Å². The predicted octanol–water partition coefficient (Wildman–Crippen LogP) is 5.14. The molecule has 0 saturated carbocycles. The van der Waals surface area contributed by atoms with Gasteiger partial charge in [-0.3, -0.25) is 15.0 Å². The molecule has 1 N–H and O–H groups in total. The van der Waals surface area contributed by atoms with Crippen LogP contribution in [-0.2, 0) is 4.74 Å². The zero-order valence-electron chi connectivity index (χ0n) is 16.2. The van der Waals surface area contributed by atoms with Crippen LogP contribution in [-0.4, -0.2) is 30.1 Å². The second-order valence-electron chi connectivity index (χ2n) is 7.02. The lowest BCUT2D eigenvalue weighted by Crippen LogP contribution is -2.23. The summed E-state index contributed by atoms with van der Waals surface area (Å²) in [5, 5.41) is 3.47. The maximum atomic E-state index is 12.8. The Morgan fingerprint density at radius 3 is 2.66 bits per heavy atom. The van der Waals surface area contributed by atoms with Crippen molar-refractivity contribution in [2.45, 2.75) is 19.8 Å². The fraction of sp³-hybridized carbons (Fsp3) is 0.227. The van der Waals surface area contributed by atoms with E-state index in [1.807, 2.05) is 30.3 Å². The van der Waals surface area contributed by atoms with Gasteiger partial charge in [0.2, 0.25) is 0 Å². The van der Waals surface area contributed by atoms with Gasteiger partial charge in [-0.15, -0.1) is 11.3 Å². The number of nitrogens with zero attached hydrogens (tertiary/aromatic N) is 2. The van der Waals surface area contributed by atoms with E-state index in [0.29, 0.717) is 29.5 Å². The Morgan fingerprint density at radius 2 is 1.97 bits per heavy atom. The van der Waals surface area contributed by atoms with Crippen LogP contribution in [0.1, 0.15) is 35.0 Å². The topological polar surface area (TPSA) is 71.5 Å². The Morgan fingerprint density at radius 1 is 1.17 bits per heavy atom. The molecule has 6 nitrogen and oxygen atoms in total. The van der Waals surface area contributed by atoms with Crippen LogP contribution in [0.3, 0.4) is 0 Å². The van der Waals surface area contributed by atoms with Gasteiger partial charge in [-0.25, -0.2) is 9.78 Å². The summed E-state index contributed by atoms with van der Waals surface area (Å²) in [6.45, 7) is 5.07. The first-order valence-electron chi connectivity index (χ1n) is 9.45. The molecule has 2 aromatic carbocycles. The number of hydrogen-bond donors (Lipinski definition) is 1. The van der Waals surface area contributed by atoms with Crippen molar-refractivity contribution < 1.29 is 14.3 Å². The molecule has 0 unspecified atom stereocenters. The normalized spacial score (nSPS) is 13.6. The van der Waals surface area contributed by atoms with Gasteiger partial charge in [-0.1, -0.05) is 50.2 Å². The predicted molar refractivity (Wildman–Crippen MR) is 115 cm³/mol. The molecule has 2 heterocycles. The first-order chi connectivity index (χ1) is 14.0. The number of amides is 2. The van der Waals surface area contributed by atoms with E-state index in [0.717, 1.165) is 16.1 Å². The van der Waals surface area contributed by atoms with Gasteiger partial charge in [-0.05, 0) is 24.1 Å². The first kappa shape index (κ1) is 19.1. The molecule has 0 spiro atoms. The molecule has 0 aliphatic carbocycles. The number of nitrogens with one attached hydrogen (secondary N) is 1. The molecule has 2 amide bonds. The van der Waals surface area contributed by atoms with E-state index >= 15 is 0 Å². The van der Waals surface area contributed by atoms with Gasteiger partial charge in [0.1, 0.15) is 6.61 Å². The van der Waals surface area contributed by atoms with E-state index in [1.54, 1.807) is 24.3 Å². The molecule has 7 heteroatoms. The van der Waals surface area contributed by atoms with Crippen molar-refractivity contribution >= 4 is 34.2 Å². The van der Waals surface area contributed by atoms with E-state index in [9.17, 15) is 9.59 Å². The highest BCUT2D eigenvalue weighted by Crippen LogP contribution is 2.36. The standard InChI is InChI=1S/C22H21N3O3S/c1-14(2)19-18(15-7-4-3-5-8-15)23-21(29-19)24-20(26)16-9-6-10-17(13-16)25-11-12-28-22(25)27/h3-10,13-14H,11-12H2,1-2H3,(H,23,24,26). The maximum Gasteiger partial charge on any atom is 0.414 e. The largest absolute Gasteiger partial charge is 0.447 e. The van der Waals surface area contributed by atoms with Crippen molar-refractivity contribution in [3.8, 4) is 11.3 Å².